The summed E-state index contributed by atoms with van der Waals surface area (Å²) < 4.78 is 22.9. The van der Waals surface area contributed by atoms with Crippen LogP contribution in [0.3, 0.4) is 0 Å². The number of carbonyl (C=O) groups is 1. The molecule has 0 aromatic heterocycles. The van der Waals surface area contributed by atoms with Gasteiger partial charge < -0.3 is 5.32 Å². The van der Waals surface area contributed by atoms with E-state index in [9.17, 15) is 13.2 Å². The Labute approximate surface area is 167 Å². The summed E-state index contributed by atoms with van der Waals surface area (Å²) in [6, 6.07) is 15.6. The van der Waals surface area contributed by atoms with E-state index in [1.807, 2.05) is 0 Å². The molecule has 0 unspecified atom stereocenters. The molecule has 0 aliphatic carbocycles. The number of hydrogen-bond donors (Lipinski definition) is 1. The number of benzene rings is 2. The summed E-state index contributed by atoms with van der Waals surface area (Å²) in [7, 11) is -3.12. The monoisotopic (exact) mass is 400 g/mol. The number of nitrogens with zero attached hydrogens (tertiary/aromatic N) is 1. The van der Waals surface area contributed by atoms with Crippen molar-refractivity contribution in [2.75, 3.05) is 19.3 Å². The summed E-state index contributed by atoms with van der Waals surface area (Å²) in [6.45, 7) is 4.95. The largest absolute Gasteiger partial charge is 0.349 e. The van der Waals surface area contributed by atoms with Crippen molar-refractivity contribution in [2.24, 2.45) is 0 Å². The standard InChI is InChI=1S/C22H28N2O3S/c1-17-5-3-6-18(13-17)15-24-11-9-21(10-12-24)23-22(25)20-8-4-7-19(14-20)16-28(2,26)27/h3-8,13-14,21H,9-12,15-16H2,1-2H3,(H,23,25). The van der Waals surface area contributed by atoms with Crippen molar-refractivity contribution in [2.45, 2.75) is 38.1 Å². The molecular weight excluding hydrogens is 372 g/mol. The van der Waals surface area contributed by atoms with E-state index >= 15 is 0 Å². The maximum Gasteiger partial charge on any atom is 0.251 e. The number of likely N-dealkylation sites (tertiary alicyclic amines) is 1. The molecule has 150 valence electrons. The molecule has 28 heavy (non-hydrogen) atoms. The fourth-order valence-corrected chi connectivity index (χ4v) is 4.46. The topological polar surface area (TPSA) is 66.5 Å². The van der Waals surface area contributed by atoms with Crippen LogP contribution in [0.1, 0.15) is 39.9 Å². The minimum Gasteiger partial charge on any atom is -0.349 e. The fourth-order valence-electron chi connectivity index (χ4n) is 3.68. The van der Waals surface area contributed by atoms with Crippen LogP contribution in [0.25, 0.3) is 0 Å². The zero-order chi connectivity index (χ0) is 20.1. The summed E-state index contributed by atoms with van der Waals surface area (Å²) in [5.74, 6) is -0.182. The molecule has 0 spiro atoms. The van der Waals surface area contributed by atoms with Crippen LogP contribution in [-0.4, -0.2) is 44.6 Å². The highest BCUT2D eigenvalue weighted by molar-refractivity contribution is 7.89. The van der Waals surface area contributed by atoms with Gasteiger partial charge in [0.2, 0.25) is 0 Å². The minimum atomic E-state index is -3.12. The van der Waals surface area contributed by atoms with Crippen molar-refractivity contribution in [3.8, 4) is 0 Å². The van der Waals surface area contributed by atoms with Gasteiger partial charge in [0.15, 0.2) is 9.84 Å². The van der Waals surface area contributed by atoms with Gasteiger partial charge in [-0.25, -0.2) is 8.42 Å². The molecule has 6 heteroatoms. The number of sulfone groups is 1. The molecule has 1 N–H and O–H groups in total. The first-order valence-corrected chi connectivity index (χ1v) is 11.7. The van der Waals surface area contributed by atoms with Crippen LogP contribution in [0.2, 0.25) is 0 Å². The van der Waals surface area contributed by atoms with Crippen LogP contribution in [-0.2, 0) is 22.1 Å². The SMILES string of the molecule is Cc1cccc(CN2CCC(NC(=O)c3cccc(CS(C)(=O)=O)c3)CC2)c1. The molecular formula is C22H28N2O3S. The lowest BCUT2D eigenvalue weighted by Crippen LogP contribution is -2.44. The maximum atomic E-state index is 12.6. The Morgan fingerprint density at radius 2 is 1.75 bits per heavy atom. The number of carbonyl (C=O) groups excluding carboxylic acids is 1. The van der Waals surface area contributed by atoms with Crippen LogP contribution in [0.4, 0.5) is 0 Å². The number of hydrogen-bond acceptors (Lipinski definition) is 4. The zero-order valence-electron chi connectivity index (χ0n) is 16.5. The Hall–Kier alpha value is -2.18. The zero-order valence-corrected chi connectivity index (χ0v) is 17.3. The van der Waals surface area contributed by atoms with Gasteiger partial charge >= 0.3 is 0 Å². The third kappa shape index (κ3) is 6.17. The Kier molecular flexibility index (Phi) is 6.52. The molecule has 0 radical (unpaired) electrons. The number of rotatable bonds is 6. The number of piperidine rings is 1. The highest BCUT2D eigenvalue weighted by Crippen LogP contribution is 2.16. The smallest absolute Gasteiger partial charge is 0.251 e. The second-order valence-electron chi connectivity index (χ2n) is 7.78. The van der Waals surface area contributed by atoms with Crippen molar-refractivity contribution < 1.29 is 13.2 Å². The summed E-state index contributed by atoms with van der Waals surface area (Å²) >= 11 is 0. The molecule has 1 heterocycles. The van der Waals surface area contributed by atoms with E-state index in [0.717, 1.165) is 32.5 Å². The Morgan fingerprint density at radius 3 is 2.43 bits per heavy atom. The van der Waals surface area contributed by atoms with Crippen molar-refractivity contribution in [3.63, 3.8) is 0 Å². The van der Waals surface area contributed by atoms with Gasteiger partial charge in [0.1, 0.15) is 0 Å². The van der Waals surface area contributed by atoms with Crippen LogP contribution >= 0.6 is 0 Å². The first-order valence-electron chi connectivity index (χ1n) is 9.64. The first kappa shape index (κ1) is 20.6. The maximum absolute atomic E-state index is 12.6. The van der Waals surface area contributed by atoms with Crippen molar-refractivity contribution in [3.05, 3.63) is 70.8 Å². The lowest BCUT2D eigenvalue weighted by molar-refractivity contribution is 0.0909. The van der Waals surface area contributed by atoms with E-state index in [0.29, 0.717) is 11.1 Å². The number of amides is 1. The van der Waals surface area contributed by atoms with Gasteiger partial charge in [-0.15, -0.1) is 0 Å². The molecule has 1 aliphatic rings. The second-order valence-corrected chi connectivity index (χ2v) is 9.92. The quantitative estimate of drug-likeness (QED) is 0.810. The molecule has 2 aromatic carbocycles. The Bertz CT molecular complexity index is 932. The average molecular weight is 401 g/mol. The van der Waals surface area contributed by atoms with E-state index in [-0.39, 0.29) is 17.7 Å². The van der Waals surface area contributed by atoms with E-state index < -0.39 is 9.84 Å². The van der Waals surface area contributed by atoms with Crippen molar-refractivity contribution in [1.82, 2.24) is 10.2 Å². The van der Waals surface area contributed by atoms with E-state index in [2.05, 4.69) is 41.4 Å². The van der Waals surface area contributed by atoms with Gasteiger partial charge in [-0.1, -0.05) is 42.0 Å². The van der Waals surface area contributed by atoms with Crippen molar-refractivity contribution >= 4 is 15.7 Å². The van der Waals surface area contributed by atoms with Gasteiger partial charge in [-0.05, 0) is 43.0 Å². The second kappa shape index (κ2) is 8.88. The van der Waals surface area contributed by atoms with E-state index in [1.165, 1.54) is 17.4 Å². The third-order valence-electron chi connectivity index (χ3n) is 5.03. The summed E-state index contributed by atoms with van der Waals surface area (Å²) in [5.41, 5.74) is 3.76. The fraction of sp³-hybridized carbons (Fsp3) is 0.409. The number of nitrogens with one attached hydrogen (secondary N) is 1. The van der Waals surface area contributed by atoms with Crippen LogP contribution in [0, 0.1) is 6.92 Å². The van der Waals surface area contributed by atoms with Crippen LogP contribution < -0.4 is 5.32 Å². The lowest BCUT2D eigenvalue weighted by atomic mass is 10.0. The molecule has 1 saturated heterocycles. The lowest BCUT2D eigenvalue weighted by Gasteiger charge is -2.32. The van der Waals surface area contributed by atoms with Gasteiger partial charge in [0.25, 0.3) is 5.91 Å². The molecule has 0 atom stereocenters. The Morgan fingerprint density at radius 1 is 1.07 bits per heavy atom. The van der Waals surface area contributed by atoms with Gasteiger partial charge in [-0.3, -0.25) is 9.69 Å². The highest BCUT2D eigenvalue weighted by Gasteiger charge is 2.21. The van der Waals surface area contributed by atoms with Crippen LogP contribution in [0.15, 0.2) is 48.5 Å². The predicted octanol–water partition coefficient (Wildman–Crippen LogP) is 2.93. The number of aryl methyl sites for hydroxylation is 1. The molecule has 1 fully saturated rings. The van der Waals surface area contributed by atoms with Gasteiger partial charge in [0.05, 0.1) is 5.75 Å². The summed E-state index contributed by atoms with van der Waals surface area (Å²) in [6.07, 6.45) is 3.03. The van der Waals surface area contributed by atoms with E-state index in [4.69, 9.17) is 0 Å². The molecule has 5 nitrogen and oxygen atoms in total. The normalized spacial score (nSPS) is 16.1. The predicted molar refractivity (Wildman–Crippen MR) is 112 cm³/mol. The average Bonchev–Trinajstić information content (AvgIpc) is 2.62. The summed E-state index contributed by atoms with van der Waals surface area (Å²) in [4.78, 5) is 15.0. The highest BCUT2D eigenvalue weighted by atomic mass is 32.2. The third-order valence-corrected chi connectivity index (χ3v) is 5.89. The van der Waals surface area contributed by atoms with Gasteiger partial charge in [0, 0.05) is 37.5 Å². The summed E-state index contributed by atoms with van der Waals surface area (Å²) in [5, 5.41) is 3.10. The van der Waals surface area contributed by atoms with E-state index in [1.54, 1.807) is 24.3 Å². The molecule has 3 rings (SSSR count). The molecule has 1 amide bonds. The molecule has 0 bridgehead atoms. The van der Waals surface area contributed by atoms with Gasteiger partial charge in [-0.2, -0.15) is 0 Å². The molecule has 2 aromatic rings. The van der Waals surface area contributed by atoms with Crippen molar-refractivity contribution in [1.29, 1.82) is 0 Å². The molecule has 1 aliphatic heterocycles. The Balaban J connectivity index is 1.52. The van der Waals surface area contributed by atoms with Crippen LogP contribution in [0.5, 0.6) is 0 Å². The minimum absolute atomic E-state index is 0.0501. The first-order chi connectivity index (χ1) is 13.3. The molecule has 0 saturated carbocycles.